The highest BCUT2D eigenvalue weighted by molar-refractivity contribution is 6.14. The van der Waals surface area contributed by atoms with Gasteiger partial charge in [0.05, 0.1) is 9.85 Å². The number of Topliss-reactive ketones (excluding diaryl/α,β-unsaturated/α-hetero) is 1. The average molecular weight is 429 g/mol. The average Bonchev–Trinajstić information content (AvgIpc) is 2.81. The van der Waals surface area contributed by atoms with Gasteiger partial charge in [-0.25, -0.2) is 0 Å². The molecule has 0 saturated carbocycles. The molecule has 0 atom stereocenters. The molecule has 0 aliphatic carbocycles. The lowest BCUT2D eigenvalue weighted by Crippen LogP contribution is -2.02. The van der Waals surface area contributed by atoms with E-state index in [2.05, 4.69) is 0 Å². The number of nitro groups is 2. The summed E-state index contributed by atoms with van der Waals surface area (Å²) in [6.07, 6.45) is 1.39. The molecule has 3 rings (SSSR count). The molecule has 32 heavy (non-hydrogen) atoms. The van der Waals surface area contributed by atoms with Gasteiger partial charge in [0.1, 0.15) is 24.0 Å². The van der Waals surface area contributed by atoms with Crippen molar-refractivity contribution in [1.29, 1.82) is 5.26 Å². The van der Waals surface area contributed by atoms with E-state index in [9.17, 15) is 30.3 Å². The zero-order chi connectivity index (χ0) is 23.1. The minimum absolute atomic E-state index is 0.00200. The number of hydrogen-bond acceptors (Lipinski definition) is 7. The minimum Gasteiger partial charge on any atom is -0.489 e. The van der Waals surface area contributed by atoms with Crippen molar-refractivity contribution in [3.8, 4) is 11.8 Å². The number of carbonyl (C=O) groups is 1. The van der Waals surface area contributed by atoms with E-state index in [0.29, 0.717) is 11.3 Å². The van der Waals surface area contributed by atoms with E-state index < -0.39 is 15.6 Å². The number of non-ortho nitro benzene ring substituents is 2. The van der Waals surface area contributed by atoms with Gasteiger partial charge in [-0.2, -0.15) is 5.26 Å². The first-order chi connectivity index (χ1) is 15.4. The predicted octanol–water partition coefficient (Wildman–Crippen LogP) is 4.87. The lowest BCUT2D eigenvalue weighted by molar-refractivity contribution is -0.385. The summed E-state index contributed by atoms with van der Waals surface area (Å²) in [4.78, 5) is 33.1. The van der Waals surface area contributed by atoms with Crippen LogP contribution in [-0.2, 0) is 6.61 Å². The first-order valence-corrected chi connectivity index (χ1v) is 9.24. The molecule has 3 aromatic rings. The number of nitriles is 1. The molecule has 0 heterocycles. The molecule has 0 aromatic heterocycles. The minimum atomic E-state index is -0.616. The van der Waals surface area contributed by atoms with Crippen molar-refractivity contribution in [1.82, 2.24) is 0 Å². The zero-order valence-electron chi connectivity index (χ0n) is 16.5. The van der Waals surface area contributed by atoms with Crippen molar-refractivity contribution in [2.75, 3.05) is 0 Å². The molecular weight excluding hydrogens is 414 g/mol. The number of ketones is 1. The molecule has 0 spiro atoms. The molecule has 9 heteroatoms. The van der Waals surface area contributed by atoms with Gasteiger partial charge in [-0.3, -0.25) is 25.0 Å². The van der Waals surface area contributed by atoms with Crippen LogP contribution in [0, 0.1) is 31.6 Å². The van der Waals surface area contributed by atoms with E-state index in [1.165, 1.54) is 36.4 Å². The van der Waals surface area contributed by atoms with Crippen LogP contribution in [0.1, 0.15) is 21.5 Å². The molecule has 0 aliphatic heterocycles. The van der Waals surface area contributed by atoms with E-state index in [1.54, 1.807) is 36.4 Å². The van der Waals surface area contributed by atoms with E-state index in [1.807, 2.05) is 6.07 Å². The fraction of sp³-hybridized carbons (Fsp3) is 0.0435. The number of benzene rings is 3. The molecule has 3 aromatic carbocycles. The van der Waals surface area contributed by atoms with E-state index in [0.717, 1.165) is 11.6 Å². The van der Waals surface area contributed by atoms with Crippen molar-refractivity contribution < 1.29 is 19.4 Å². The fourth-order valence-corrected chi connectivity index (χ4v) is 2.77. The van der Waals surface area contributed by atoms with Gasteiger partial charge in [-0.1, -0.05) is 24.3 Å². The Morgan fingerprint density at radius 2 is 1.59 bits per heavy atom. The third-order valence-corrected chi connectivity index (χ3v) is 4.43. The molecule has 9 nitrogen and oxygen atoms in total. The molecule has 158 valence electrons. The van der Waals surface area contributed by atoms with Gasteiger partial charge in [0.15, 0.2) is 0 Å². The van der Waals surface area contributed by atoms with Crippen LogP contribution in [0.4, 0.5) is 11.4 Å². The molecule has 0 fully saturated rings. The zero-order valence-corrected chi connectivity index (χ0v) is 16.5. The summed E-state index contributed by atoms with van der Waals surface area (Å²) >= 11 is 0. The first-order valence-electron chi connectivity index (χ1n) is 9.24. The Kier molecular flexibility index (Phi) is 6.68. The third kappa shape index (κ3) is 5.40. The van der Waals surface area contributed by atoms with Crippen LogP contribution in [0.3, 0.4) is 0 Å². The van der Waals surface area contributed by atoms with Crippen LogP contribution < -0.4 is 4.74 Å². The first kappa shape index (κ1) is 21.9. The Bertz CT molecular complexity index is 1240. The number of rotatable bonds is 8. The van der Waals surface area contributed by atoms with Gasteiger partial charge >= 0.3 is 0 Å². The van der Waals surface area contributed by atoms with Crippen molar-refractivity contribution in [2.45, 2.75) is 6.61 Å². The Labute approximate surface area is 182 Å². The number of nitrogens with zero attached hydrogens (tertiary/aromatic N) is 3. The lowest BCUT2D eigenvalue weighted by Gasteiger charge is -2.07. The number of nitro benzene ring substituents is 2. The summed E-state index contributed by atoms with van der Waals surface area (Å²) in [5, 5.41) is 31.0. The molecule has 0 bridgehead atoms. The monoisotopic (exact) mass is 429 g/mol. The molecule has 0 amide bonds. The van der Waals surface area contributed by atoms with Crippen LogP contribution in [-0.4, -0.2) is 15.6 Å². The molecule has 0 N–H and O–H groups in total. The molecular formula is C23H15N3O6. The van der Waals surface area contributed by atoms with Crippen LogP contribution in [0.25, 0.3) is 6.08 Å². The van der Waals surface area contributed by atoms with Gasteiger partial charge < -0.3 is 4.74 Å². The number of carbonyl (C=O) groups excluding carboxylic acids is 1. The maximum atomic E-state index is 12.6. The summed E-state index contributed by atoms with van der Waals surface area (Å²) in [7, 11) is 0. The molecule has 0 radical (unpaired) electrons. The smallest absolute Gasteiger partial charge is 0.270 e. The van der Waals surface area contributed by atoms with Gasteiger partial charge in [0, 0.05) is 29.8 Å². The molecule has 0 aliphatic rings. The second-order valence-electron chi connectivity index (χ2n) is 6.59. The van der Waals surface area contributed by atoms with Gasteiger partial charge in [-0.05, 0) is 41.5 Å². The quantitative estimate of drug-likeness (QED) is 0.164. The number of allylic oxidation sites excluding steroid dienone is 1. The Hall–Kier alpha value is -4.84. The SMILES string of the molecule is N#C/C(=C\c1ccc(OCc2ccc([N+](=O)[O-])cc2)cc1)C(=O)c1cccc([N+](=O)[O-])c1. The summed E-state index contributed by atoms with van der Waals surface area (Å²) in [6, 6.07) is 19.7. The standard InChI is InChI=1S/C23H15N3O6/c24-14-19(23(27)18-2-1-3-21(13-18)26(30)31)12-16-6-10-22(11-7-16)32-15-17-4-8-20(9-5-17)25(28)29/h1-13H,15H2/b19-12+. The van der Waals surface area contributed by atoms with Crippen LogP contribution in [0.5, 0.6) is 5.75 Å². The maximum Gasteiger partial charge on any atom is 0.270 e. The summed E-state index contributed by atoms with van der Waals surface area (Å²) in [5.74, 6) is -0.0845. The summed E-state index contributed by atoms with van der Waals surface area (Å²) in [6.45, 7) is 0.210. The fourth-order valence-electron chi connectivity index (χ4n) is 2.77. The number of ether oxygens (including phenoxy) is 1. The maximum absolute atomic E-state index is 12.6. The van der Waals surface area contributed by atoms with E-state index in [-0.39, 0.29) is 29.1 Å². The lowest BCUT2D eigenvalue weighted by atomic mass is 10.0. The highest BCUT2D eigenvalue weighted by Crippen LogP contribution is 2.20. The normalized spacial score (nSPS) is 10.8. The molecule has 0 saturated heterocycles. The summed E-state index contributed by atoms with van der Waals surface area (Å²) < 4.78 is 5.64. The Balaban J connectivity index is 1.69. The van der Waals surface area contributed by atoms with Gasteiger partial charge in [-0.15, -0.1) is 0 Å². The van der Waals surface area contributed by atoms with Gasteiger partial charge in [0.25, 0.3) is 11.4 Å². The molecule has 0 unspecified atom stereocenters. The highest BCUT2D eigenvalue weighted by atomic mass is 16.6. The van der Waals surface area contributed by atoms with E-state index >= 15 is 0 Å². The Morgan fingerprint density at radius 1 is 0.938 bits per heavy atom. The summed E-state index contributed by atoms with van der Waals surface area (Å²) in [5.41, 5.74) is 0.984. The van der Waals surface area contributed by atoms with Crippen molar-refractivity contribution in [3.05, 3.63) is 115 Å². The second kappa shape index (κ2) is 9.77. The van der Waals surface area contributed by atoms with Gasteiger partial charge in [0.2, 0.25) is 5.78 Å². The second-order valence-corrected chi connectivity index (χ2v) is 6.59. The van der Waals surface area contributed by atoms with Crippen LogP contribution in [0.2, 0.25) is 0 Å². The van der Waals surface area contributed by atoms with Crippen molar-refractivity contribution in [3.63, 3.8) is 0 Å². The van der Waals surface area contributed by atoms with E-state index in [4.69, 9.17) is 4.74 Å². The van der Waals surface area contributed by atoms with Crippen molar-refractivity contribution >= 4 is 23.2 Å². The Morgan fingerprint density at radius 3 is 2.19 bits per heavy atom. The topological polar surface area (TPSA) is 136 Å². The third-order valence-electron chi connectivity index (χ3n) is 4.43. The van der Waals surface area contributed by atoms with Crippen molar-refractivity contribution in [2.24, 2.45) is 0 Å². The number of hydrogen-bond donors (Lipinski definition) is 0. The van der Waals surface area contributed by atoms with Crippen LogP contribution in [0.15, 0.2) is 78.4 Å². The largest absolute Gasteiger partial charge is 0.489 e. The highest BCUT2D eigenvalue weighted by Gasteiger charge is 2.15. The van der Waals surface area contributed by atoms with Crippen LogP contribution >= 0.6 is 0 Å². The predicted molar refractivity (Wildman–Crippen MR) is 115 cm³/mol.